The Morgan fingerprint density at radius 3 is 2.60 bits per heavy atom. The molecule has 2 atom stereocenters. The van der Waals surface area contributed by atoms with Crippen LogP contribution in [0.5, 0.6) is 0 Å². The first-order chi connectivity index (χ1) is 7.36. The van der Waals surface area contributed by atoms with Crippen molar-refractivity contribution in [3.8, 4) is 0 Å². The molecule has 1 N–H and O–H groups in total. The van der Waals surface area contributed by atoms with Crippen LogP contribution in [0.25, 0.3) is 0 Å². The molecule has 0 saturated heterocycles. The highest BCUT2D eigenvalue weighted by Gasteiger charge is 2.20. The summed E-state index contributed by atoms with van der Waals surface area (Å²) < 4.78 is 0. The third-order valence-corrected chi connectivity index (χ3v) is 3.52. The fourth-order valence-corrected chi connectivity index (χ4v) is 2.46. The average Bonchev–Trinajstić information content (AvgIpc) is 2.29. The second-order valence-corrected chi connectivity index (χ2v) is 4.73. The number of benzene rings is 1. The Hall–Kier alpha value is -0.820. The van der Waals surface area contributed by atoms with Crippen molar-refractivity contribution in [1.29, 1.82) is 0 Å². The minimum Gasteiger partial charge on any atom is -0.310 e. The van der Waals surface area contributed by atoms with Gasteiger partial charge in [-0.05, 0) is 24.3 Å². The van der Waals surface area contributed by atoms with Crippen LogP contribution in [0.15, 0.2) is 30.3 Å². The maximum atomic E-state index is 3.69. The molecule has 82 valence electrons. The molecule has 1 fully saturated rings. The van der Waals surface area contributed by atoms with Crippen LogP contribution < -0.4 is 5.32 Å². The van der Waals surface area contributed by atoms with Crippen LogP contribution in [0.1, 0.15) is 38.2 Å². The lowest BCUT2D eigenvalue weighted by Gasteiger charge is -2.29. The minimum absolute atomic E-state index is 0.735. The predicted octanol–water partition coefficient (Wildman–Crippen LogP) is 3.35. The molecule has 1 saturated carbocycles. The topological polar surface area (TPSA) is 12.0 Å². The molecule has 1 nitrogen and oxygen atoms in total. The van der Waals surface area contributed by atoms with Gasteiger partial charge in [0, 0.05) is 12.6 Å². The molecule has 1 aliphatic rings. The quantitative estimate of drug-likeness (QED) is 0.794. The minimum atomic E-state index is 0.735. The van der Waals surface area contributed by atoms with E-state index in [0.29, 0.717) is 0 Å². The van der Waals surface area contributed by atoms with E-state index in [4.69, 9.17) is 0 Å². The summed E-state index contributed by atoms with van der Waals surface area (Å²) in [5.41, 5.74) is 1.40. The molecule has 0 radical (unpaired) electrons. The van der Waals surface area contributed by atoms with E-state index in [-0.39, 0.29) is 0 Å². The van der Waals surface area contributed by atoms with Crippen molar-refractivity contribution in [1.82, 2.24) is 5.32 Å². The summed E-state index contributed by atoms with van der Waals surface area (Å²) in [5.74, 6) is 0.850. The van der Waals surface area contributed by atoms with Gasteiger partial charge in [-0.1, -0.05) is 50.1 Å². The lowest BCUT2D eigenvalue weighted by atomic mass is 9.86. The molecule has 0 heterocycles. The van der Waals surface area contributed by atoms with Crippen LogP contribution in [0.2, 0.25) is 0 Å². The fourth-order valence-electron chi connectivity index (χ4n) is 2.46. The van der Waals surface area contributed by atoms with Crippen molar-refractivity contribution in [3.05, 3.63) is 35.9 Å². The predicted molar refractivity (Wildman–Crippen MR) is 64.7 cm³/mol. The molecule has 1 aromatic rings. The van der Waals surface area contributed by atoms with Crippen LogP contribution in [0, 0.1) is 5.92 Å². The largest absolute Gasteiger partial charge is 0.310 e. The van der Waals surface area contributed by atoms with Gasteiger partial charge in [-0.25, -0.2) is 0 Å². The summed E-state index contributed by atoms with van der Waals surface area (Å²) in [7, 11) is 0. The van der Waals surface area contributed by atoms with Crippen LogP contribution in [-0.4, -0.2) is 6.04 Å². The highest BCUT2D eigenvalue weighted by molar-refractivity contribution is 5.14. The van der Waals surface area contributed by atoms with Gasteiger partial charge >= 0.3 is 0 Å². The smallest absolute Gasteiger partial charge is 0.0208 e. The standard InChI is InChI=1S/C14H21N/c1-12-7-5-6-10-14(12)15-11-13-8-3-2-4-9-13/h2-4,8-9,12,14-15H,5-7,10-11H2,1H3/t12?,14-/m1/s1. The van der Waals surface area contributed by atoms with E-state index in [0.717, 1.165) is 18.5 Å². The number of hydrogen-bond acceptors (Lipinski definition) is 1. The Bertz CT molecular complexity index is 281. The van der Waals surface area contributed by atoms with Gasteiger partial charge in [-0.15, -0.1) is 0 Å². The normalized spacial score (nSPS) is 26.5. The Morgan fingerprint density at radius 2 is 1.87 bits per heavy atom. The Morgan fingerprint density at radius 1 is 1.13 bits per heavy atom. The van der Waals surface area contributed by atoms with Gasteiger partial charge < -0.3 is 5.32 Å². The molecule has 1 aromatic carbocycles. The number of nitrogens with one attached hydrogen (secondary N) is 1. The van der Waals surface area contributed by atoms with Crippen molar-refractivity contribution in [2.45, 2.75) is 45.2 Å². The molecule has 0 amide bonds. The van der Waals surface area contributed by atoms with E-state index in [1.54, 1.807) is 0 Å². The van der Waals surface area contributed by atoms with Crippen molar-refractivity contribution in [3.63, 3.8) is 0 Å². The van der Waals surface area contributed by atoms with E-state index in [2.05, 4.69) is 42.6 Å². The Balaban J connectivity index is 1.82. The molecule has 1 unspecified atom stereocenters. The molecule has 0 aromatic heterocycles. The maximum Gasteiger partial charge on any atom is 0.0208 e. The highest BCUT2D eigenvalue weighted by atomic mass is 14.9. The lowest BCUT2D eigenvalue weighted by molar-refractivity contribution is 0.279. The summed E-state index contributed by atoms with van der Waals surface area (Å²) in [5, 5.41) is 3.69. The second-order valence-electron chi connectivity index (χ2n) is 4.73. The van der Waals surface area contributed by atoms with Crippen LogP contribution >= 0.6 is 0 Å². The molecule has 1 aliphatic carbocycles. The van der Waals surface area contributed by atoms with Crippen LogP contribution in [0.4, 0.5) is 0 Å². The average molecular weight is 203 g/mol. The fraction of sp³-hybridized carbons (Fsp3) is 0.571. The number of hydrogen-bond donors (Lipinski definition) is 1. The summed E-state index contributed by atoms with van der Waals surface area (Å²) in [6, 6.07) is 11.4. The van der Waals surface area contributed by atoms with E-state index in [1.807, 2.05) is 0 Å². The molecule has 1 heteroatoms. The molecule has 15 heavy (non-hydrogen) atoms. The third-order valence-electron chi connectivity index (χ3n) is 3.52. The lowest BCUT2D eigenvalue weighted by Crippen LogP contribution is -2.36. The van der Waals surface area contributed by atoms with E-state index in [1.165, 1.54) is 31.2 Å². The third kappa shape index (κ3) is 3.07. The SMILES string of the molecule is CC1CCCC[C@H]1NCc1ccccc1. The zero-order valence-corrected chi connectivity index (χ0v) is 9.58. The van der Waals surface area contributed by atoms with Crippen LogP contribution in [-0.2, 0) is 6.54 Å². The molecule has 0 spiro atoms. The summed E-state index contributed by atoms with van der Waals surface area (Å²) in [4.78, 5) is 0. The first kappa shape index (κ1) is 10.7. The first-order valence-corrected chi connectivity index (χ1v) is 6.13. The zero-order chi connectivity index (χ0) is 10.5. The molecular formula is C14H21N. The van der Waals surface area contributed by atoms with Gasteiger partial charge in [0.2, 0.25) is 0 Å². The zero-order valence-electron chi connectivity index (χ0n) is 9.58. The maximum absolute atomic E-state index is 3.69. The molecular weight excluding hydrogens is 182 g/mol. The summed E-state index contributed by atoms with van der Waals surface area (Å²) >= 11 is 0. The van der Waals surface area contributed by atoms with Gasteiger partial charge in [-0.3, -0.25) is 0 Å². The van der Waals surface area contributed by atoms with E-state index in [9.17, 15) is 0 Å². The summed E-state index contributed by atoms with van der Waals surface area (Å²) in [6.45, 7) is 3.40. The van der Waals surface area contributed by atoms with Crippen molar-refractivity contribution < 1.29 is 0 Å². The highest BCUT2D eigenvalue weighted by Crippen LogP contribution is 2.23. The van der Waals surface area contributed by atoms with Gasteiger partial charge in [0.05, 0.1) is 0 Å². The Labute approximate surface area is 92.9 Å². The van der Waals surface area contributed by atoms with Crippen molar-refractivity contribution >= 4 is 0 Å². The second kappa shape index (κ2) is 5.32. The van der Waals surface area contributed by atoms with E-state index >= 15 is 0 Å². The van der Waals surface area contributed by atoms with Gasteiger partial charge in [0.15, 0.2) is 0 Å². The van der Waals surface area contributed by atoms with Gasteiger partial charge in [-0.2, -0.15) is 0 Å². The van der Waals surface area contributed by atoms with Crippen molar-refractivity contribution in [2.75, 3.05) is 0 Å². The molecule has 0 bridgehead atoms. The molecule has 0 aliphatic heterocycles. The number of rotatable bonds is 3. The van der Waals surface area contributed by atoms with Gasteiger partial charge in [0.1, 0.15) is 0 Å². The Kier molecular flexibility index (Phi) is 3.79. The van der Waals surface area contributed by atoms with Crippen LogP contribution in [0.3, 0.4) is 0 Å². The monoisotopic (exact) mass is 203 g/mol. The first-order valence-electron chi connectivity index (χ1n) is 6.13. The van der Waals surface area contributed by atoms with Gasteiger partial charge in [0.25, 0.3) is 0 Å². The van der Waals surface area contributed by atoms with Crippen molar-refractivity contribution in [2.24, 2.45) is 5.92 Å². The summed E-state index contributed by atoms with van der Waals surface area (Å²) in [6.07, 6.45) is 5.57. The van der Waals surface area contributed by atoms with E-state index < -0.39 is 0 Å². The molecule has 2 rings (SSSR count).